The number of carbonyl (C=O) groups is 2. The average Bonchev–Trinajstić information content (AvgIpc) is 2.60. The lowest BCUT2D eigenvalue weighted by Gasteiger charge is -2.27. The molecule has 28 heavy (non-hydrogen) atoms. The second-order valence-corrected chi connectivity index (χ2v) is 9.51. The number of hydrogen-bond acceptors (Lipinski definition) is 6. The minimum absolute atomic E-state index is 0.169. The predicted octanol–water partition coefficient (Wildman–Crippen LogP) is 1.05. The van der Waals surface area contributed by atoms with Gasteiger partial charge in [0.05, 0.1) is 24.7 Å². The number of nitrogens with one attached hydrogen (secondary N) is 3. The molecule has 0 spiro atoms. The molecule has 0 unspecified atom stereocenters. The van der Waals surface area contributed by atoms with Crippen LogP contribution in [-0.2, 0) is 19.6 Å². The number of carbonyl (C=O) groups excluding carboxylic acids is 2. The fraction of sp³-hybridized carbons (Fsp3) is 0.556. The highest BCUT2D eigenvalue weighted by Gasteiger charge is 2.28. The molecule has 0 radical (unpaired) electrons. The van der Waals surface area contributed by atoms with Gasteiger partial charge in [-0.2, -0.15) is 4.31 Å². The average molecular weight is 413 g/mol. The Balaban J connectivity index is 2.03. The topological polar surface area (TPSA) is 117 Å². The van der Waals surface area contributed by atoms with Crippen LogP contribution >= 0.6 is 0 Å². The lowest BCUT2D eigenvalue weighted by Crippen LogP contribution is -2.49. The Morgan fingerprint density at radius 3 is 2.43 bits per heavy atom. The molecule has 10 heteroatoms. The highest BCUT2D eigenvalue weighted by molar-refractivity contribution is 7.89. The number of amides is 3. The molecule has 1 aliphatic rings. The number of urea groups is 1. The van der Waals surface area contributed by atoms with Crippen LogP contribution in [0.2, 0.25) is 0 Å². The van der Waals surface area contributed by atoms with Gasteiger partial charge in [-0.1, -0.05) is 6.07 Å². The van der Waals surface area contributed by atoms with Crippen molar-refractivity contribution < 1.29 is 22.7 Å². The van der Waals surface area contributed by atoms with Crippen molar-refractivity contribution in [1.82, 2.24) is 14.9 Å². The second kappa shape index (κ2) is 8.89. The van der Waals surface area contributed by atoms with Crippen molar-refractivity contribution in [2.45, 2.75) is 38.1 Å². The van der Waals surface area contributed by atoms with Gasteiger partial charge in [-0.15, -0.1) is 0 Å². The van der Waals surface area contributed by atoms with E-state index >= 15 is 0 Å². The van der Waals surface area contributed by atoms with Gasteiger partial charge in [0, 0.05) is 24.3 Å². The first-order chi connectivity index (χ1) is 13.0. The molecule has 0 aromatic heterocycles. The number of ether oxygens (including phenoxy) is 1. The smallest absolute Gasteiger partial charge is 0.321 e. The molecular formula is C18H28N4O5S. The maximum Gasteiger partial charge on any atom is 0.321 e. The first-order valence-corrected chi connectivity index (χ1v) is 10.5. The molecule has 3 amide bonds. The molecule has 1 heterocycles. The zero-order chi connectivity index (χ0) is 20.9. The van der Waals surface area contributed by atoms with E-state index < -0.39 is 27.5 Å². The summed E-state index contributed by atoms with van der Waals surface area (Å²) in [5.41, 5.74) is 0.632. The minimum Gasteiger partial charge on any atom is -0.379 e. The molecule has 3 N–H and O–H groups in total. The van der Waals surface area contributed by atoms with Crippen LogP contribution in [-0.4, -0.2) is 63.0 Å². The maximum absolute atomic E-state index is 12.9. The van der Waals surface area contributed by atoms with E-state index in [-0.39, 0.29) is 11.4 Å². The van der Waals surface area contributed by atoms with Crippen molar-refractivity contribution in [2.75, 3.05) is 38.2 Å². The van der Waals surface area contributed by atoms with Crippen LogP contribution in [0.3, 0.4) is 0 Å². The SMILES string of the molecule is Cc1ccc(NCC(=O)NC(=O)NC(C)(C)C)cc1S(=O)(=O)N1CCOCC1. The summed E-state index contributed by atoms with van der Waals surface area (Å²) in [7, 11) is -3.64. The van der Waals surface area contributed by atoms with E-state index in [0.29, 0.717) is 37.6 Å². The van der Waals surface area contributed by atoms with Crippen molar-refractivity contribution >= 4 is 27.6 Å². The van der Waals surface area contributed by atoms with E-state index in [9.17, 15) is 18.0 Å². The number of aryl methyl sites for hydroxylation is 1. The summed E-state index contributed by atoms with van der Waals surface area (Å²) in [5.74, 6) is -0.528. The standard InChI is InChI=1S/C18H28N4O5S/c1-13-5-6-14(19-12-16(23)20-17(24)21-18(2,3)4)11-15(13)28(25,26)22-7-9-27-10-8-22/h5-6,11,19H,7-10,12H2,1-4H3,(H2,20,21,23,24). The minimum atomic E-state index is -3.64. The molecule has 1 aliphatic heterocycles. The fourth-order valence-corrected chi connectivity index (χ4v) is 4.30. The quantitative estimate of drug-likeness (QED) is 0.666. The van der Waals surface area contributed by atoms with Crippen LogP contribution in [0.25, 0.3) is 0 Å². The number of sulfonamides is 1. The Bertz CT molecular complexity index is 827. The highest BCUT2D eigenvalue weighted by Crippen LogP contribution is 2.24. The summed E-state index contributed by atoms with van der Waals surface area (Å²) in [6.45, 7) is 8.32. The fourth-order valence-electron chi connectivity index (χ4n) is 2.64. The number of hydrogen-bond donors (Lipinski definition) is 3. The number of benzene rings is 1. The van der Waals surface area contributed by atoms with Crippen LogP contribution in [0, 0.1) is 6.92 Å². The third kappa shape index (κ3) is 6.18. The van der Waals surface area contributed by atoms with E-state index in [1.54, 1.807) is 39.8 Å². The summed E-state index contributed by atoms with van der Waals surface area (Å²) >= 11 is 0. The first kappa shape index (κ1) is 22.1. The van der Waals surface area contributed by atoms with Crippen molar-refractivity contribution in [3.8, 4) is 0 Å². The summed E-state index contributed by atoms with van der Waals surface area (Å²) in [4.78, 5) is 23.8. The third-order valence-corrected chi connectivity index (χ3v) is 6.01. The molecule has 2 rings (SSSR count). The number of rotatable bonds is 5. The molecule has 1 saturated heterocycles. The zero-order valence-electron chi connectivity index (χ0n) is 16.7. The molecule has 0 bridgehead atoms. The zero-order valence-corrected chi connectivity index (χ0v) is 17.5. The van der Waals surface area contributed by atoms with E-state index in [4.69, 9.17) is 4.74 Å². The Hall–Kier alpha value is -2.17. The summed E-state index contributed by atoms with van der Waals surface area (Å²) in [6, 6.07) is 4.29. The van der Waals surface area contributed by atoms with Gasteiger partial charge in [0.15, 0.2) is 0 Å². The molecule has 1 aromatic carbocycles. The van der Waals surface area contributed by atoms with Crippen LogP contribution in [0.5, 0.6) is 0 Å². The van der Waals surface area contributed by atoms with Crippen LogP contribution in [0.1, 0.15) is 26.3 Å². The second-order valence-electron chi connectivity index (χ2n) is 7.60. The highest BCUT2D eigenvalue weighted by atomic mass is 32.2. The Kier molecular flexibility index (Phi) is 7.02. The van der Waals surface area contributed by atoms with E-state index in [1.165, 1.54) is 10.4 Å². The van der Waals surface area contributed by atoms with Crippen molar-refractivity contribution in [3.63, 3.8) is 0 Å². The van der Waals surface area contributed by atoms with Gasteiger partial charge in [-0.05, 0) is 45.4 Å². The van der Waals surface area contributed by atoms with E-state index in [2.05, 4.69) is 16.0 Å². The summed E-state index contributed by atoms with van der Waals surface area (Å²) < 4.78 is 32.4. The van der Waals surface area contributed by atoms with E-state index in [1.807, 2.05) is 0 Å². The molecule has 9 nitrogen and oxygen atoms in total. The lowest BCUT2D eigenvalue weighted by atomic mass is 10.1. The predicted molar refractivity (Wildman–Crippen MR) is 106 cm³/mol. The summed E-state index contributed by atoms with van der Waals surface area (Å²) in [5, 5.41) is 7.71. The van der Waals surface area contributed by atoms with Crippen molar-refractivity contribution in [3.05, 3.63) is 23.8 Å². The van der Waals surface area contributed by atoms with Crippen molar-refractivity contribution in [1.29, 1.82) is 0 Å². The van der Waals surface area contributed by atoms with Gasteiger partial charge in [-0.3, -0.25) is 10.1 Å². The third-order valence-electron chi connectivity index (χ3n) is 3.97. The molecule has 0 aliphatic carbocycles. The normalized spacial score (nSPS) is 15.7. The lowest BCUT2D eigenvalue weighted by molar-refractivity contribution is -0.118. The summed E-state index contributed by atoms with van der Waals surface area (Å²) in [6.07, 6.45) is 0. The van der Waals surface area contributed by atoms with E-state index in [0.717, 1.165) is 0 Å². The van der Waals surface area contributed by atoms with Crippen LogP contribution < -0.4 is 16.0 Å². The van der Waals surface area contributed by atoms with Crippen molar-refractivity contribution in [2.24, 2.45) is 0 Å². The number of imide groups is 1. The van der Waals surface area contributed by atoms with Crippen LogP contribution in [0.15, 0.2) is 23.1 Å². The van der Waals surface area contributed by atoms with Gasteiger partial charge in [0.25, 0.3) is 0 Å². The van der Waals surface area contributed by atoms with Gasteiger partial charge >= 0.3 is 6.03 Å². The van der Waals surface area contributed by atoms with Gasteiger partial charge < -0.3 is 15.4 Å². The van der Waals surface area contributed by atoms with Gasteiger partial charge in [0.1, 0.15) is 0 Å². The monoisotopic (exact) mass is 412 g/mol. The molecule has 1 aromatic rings. The van der Waals surface area contributed by atoms with Gasteiger partial charge in [-0.25, -0.2) is 13.2 Å². The first-order valence-electron chi connectivity index (χ1n) is 9.03. The number of morpholine rings is 1. The van der Waals surface area contributed by atoms with Gasteiger partial charge in [0.2, 0.25) is 15.9 Å². The largest absolute Gasteiger partial charge is 0.379 e. The molecule has 0 saturated carbocycles. The molecule has 1 fully saturated rings. The Morgan fingerprint density at radius 1 is 1.18 bits per heavy atom. The Morgan fingerprint density at radius 2 is 1.82 bits per heavy atom. The maximum atomic E-state index is 12.9. The number of nitrogens with zero attached hydrogens (tertiary/aromatic N) is 1. The van der Waals surface area contributed by atoms with Crippen LogP contribution in [0.4, 0.5) is 10.5 Å². The number of anilines is 1. The molecule has 156 valence electrons. The molecular weight excluding hydrogens is 384 g/mol. The molecule has 0 atom stereocenters. The Labute approximate surface area is 165 Å².